The molecule has 0 spiro atoms. The molecule has 24 rings (SSSR count). The average molecular weight is 1590 g/mol. The lowest BCUT2D eigenvalue weighted by Crippen LogP contribution is -2.13. The number of benzene rings is 16. The second kappa shape index (κ2) is 31.1. The molecule has 0 amide bonds. The highest BCUT2D eigenvalue weighted by Crippen LogP contribution is 2.56. The van der Waals surface area contributed by atoms with Crippen LogP contribution in [0.25, 0.3) is 180 Å². The van der Waals surface area contributed by atoms with E-state index in [1.54, 1.807) is 0 Å². The van der Waals surface area contributed by atoms with Gasteiger partial charge >= 0.3 is 0 Å². The van der Waals surface area contributed by atoms with Crippen LogP contribution in [0.1, 0.15) is 57.7 Å². The lowest BCUT2D eigenvalue weighted by molar-refractivity contribution is 0.224. The summed E-state index contributed by atoms with van der Waals surface area (Å²) in [5.41, 5.74) is 31.1. The monoisotopic (exact) mass is 1590 g/mol. The molecule has 0 fully saturated rings. The van der Waals surface area contributed by atoms with Crippen LogP contribution in [0.5, 0.6) is 11.5 Å². The zero-order valence-electron chi connectivity index (χ0n) is 67.3. The van der Waals surface area contributed by atoms with E-state index in [1.165, 1.54) is 66.6 Å². The minimum absolute atomic E-state index is 0.103. The number of ether oxygens (including phenoxy) is 2. The summed E-state index contributed by atoms with van der Waals surface area (Å²) < 4.78 is 18.4. The van der Waals surface area contributed by atoms with Crippen molar-refractivity contribution in [3.05, 3.63) is 458 Å². The molecule has 10 nitrogen and oxygen atoms in total. The summed E-state index contributed by atoms with van der Waals surface area (Å²) >= 11 is 0. The molecule has 124 heavy (non-hydrogen) atoms. The number of para-hydroxylation sites is 4. The SMILES string of the molecule is C1=CC2c3cc(-c4ccc(-c5nc(-c6ccc(-c7ccccc7)cc6)nc(-c6ccc(-c7ccccc7)cc6)n5)cc4)ccc3OC2c2c1n(-c1ccccc1)c1ccccc21.C1=CC2c3cc(-c4ccc(-c5nc(-c6cccc(-c7ccccc7)c6)nc(-c6cccc(-c7ccccc7)c6)n5)cc4)ccc3OC2c2c1n(-c1ccccc1)c1ccccc21. The summed E-state index contributed by atoms with van der Waals surface area (Å²) in [6.45, 7) is 0. The summed E-state index contributed by atoms with van der Waals surface area (Å²) in [5, 5.41) is 2.46. The van der Waals surface area contributed by atoms with Crippen LogP contribution < -0.4 is 9.47 Å². The summed E-state index contributed by atoms with van der Waals surface area (Å²) in [7, 11) is 0. The van der Waals surface area contributed by atoms with Gasteiger partial charge in [-0.05, 0) is 152 Å². The first kappa shape index (κ1) is 72.9. The molecule has 2 aliphatic heterocycles. The van der Waals surface area contributed by atoms with Gasteiger partial charge in [0, 0.05) is 89.6 Å². The van der Waals surface area contributed by atoms with Crippen molar-refractivity contribution in [2.75, 3.05) is 0 Å². The van der Waals surface area contributed by atoms with Crippen molar-refractivity contribution >= 4 is 34.0 Å². The molecular weight excluding hydrogens is 1510 g/mol. The number of fused-ring (bicyclic) bond motifs is 14. The summed E-state index contributed by atoms with van der Waals surface area (Å²) in [5.74, 6) is 5.84. The molecule has 4 aromatic heterocycles. The maximum atomic E-state index is 6.84. The van der Waals surface area contributed by atoms with Crippen molar-refractivity contribution in [3.8, 4) is 158 Å². The maximum absolute atomic E-state index is 6.84. The molecule has 6 heterocycles. The van der Waals surface area contributed by atoms with Gasteiger partial charge < -0.3 is 18.6 Å². The van der Waals surface area contributed by atoms with Gasteiger partial charge in [0.05, 0.1) is 22.4 Å². The fourth-order valence-corrected chi connectivity index (χ4v) is 18.4. The Kier molecular flexibility index (Phi) is 18.3. The van der Waals surface area contributed by atoms with E-state index in [4.69, 9.17) is 39.4 Å². The third-order valence-electron chi connectivity index (χ3n) is 24.5. The Hall–Kier alpha value is -16.3. The van der Waals surface area contributed by atoms with Crippen molar-refractivity contribution in [3.63, 3.8) is 0 Å². The van der Waals surface area contributed by atoms with Gasteiger partial charge in [0.1, 0.15) is 23.7 Å². The van der Waals surface area contributed by atoms with Crippen molar-refractivity contribution in [1.82, 2.24) is 39.0 Å². The number of rotatable bonds is 14. The third kappa shape index (κ3) is 13.4. The summed E-state index contributed by atoms with van der Waals surface area (Å²) in [4.78, 5) is 30.5. The first-order valence-electron chi connectivity index (χ1n) is 42.2. The Labute approximate surface area is 718 Å². The van der Waals surface area contributed by atoms with Gasteiger partial charge in [-0.25, -0.2) is 29.9 Å². The number of hydrogen-bond donors (Lipinski definition) is 0. The fraction of sp³-hybridized carbons (Fsp3) is 0.0351. The third-order valence-corrected chi connectivity index (χ3v) is 24.5. The predicted molar refractivity (Wildman–Crippen MR) is 502 cm³/mol. The van der Waals surface area contributed by atoms with Crippen LogP contribution in [-0.2, 0) is 0 Å². The first-order valence-corrected chi connectivity index (χ1v) is 42.2. The second-order valence-electron chi connectivity index (χ2n) is 31.9. The Balaban J connectivity index is 0.000000143. The van der Waals surface area contributed by atoms with E-state index in [1.807, 2.05) is 24.3 Å². The van der Waals surface area contributed by atoms with Crippen LogP contribution in [0.2, 0.25) is 0 Å². The molecule has 16 aromatic carbocycles. The minimum atomic E-state index is -0.105. The van der Waals surface area contributed by atoms with Gasteiger partial charge in [0.2, 0.25) is 0 Å². The van der Waals surface area contributed by atoms with E-state index in [2.05, 4.69) is 422 Å². The fourth-order valence-electron chi connectivity index (χ4n) is 18.4. The van der Waals surface area contributed by atoms with E-state index in [-0.39, 0.29) is 24.0 Å². The van der Waals surface area contributed by atoms with Crippen LogP contribution in [0.4, 0.5) is 0 Å². The van der Waals surface area contributed by atoms with Gasteiger partial charge in [-0.15, -0.1) is 0 Å². The second-order valence-corrected chi connectivity index (χ2v) is 31.9. The van der Waals surface area contributed by atoms with E-state index in [9.17, 15) is 0 Å². The van der Waals surface area contributed by atoms with Gasteiger partial charge in [-0.2, -0.15) is 0 Å². The minimum Gasteiger partial charge on any atom is -0.484 e. The van der Waals surface area contributed by atoms with Crippen LogP contribution in [0.15, 0.2) is 425 Å². The van der Waals surface area contributed by atoms with Crippen LogP contribution >= 0.6 is 0 Å². The number of nitrogens with zero attached hydrogens (tertiary/aromatic N) is 8. The highest BCUT2D eigenvalue weighted by atomic mass is 16.5. The van der Waals surface area contributed by atoms with Crippen molar-refractivity contribution in [2.24, 2.45) is 0 Å². The molecule has 4 aliphatic rings. The number of hydrogen-bond acceptors (Lipinski definition) is 8. The van der Waals surface area contributed by atoms with Crippen molar-refractivity contribution in [2.45, 2.75) is 24.0 Å². The largest absolute Gasteiger partial charge is 0.484 e. The van der Waals surface area contributed by atoms with Gasteiger partial charge in [0.25, 0.3) is 0 Å². The van der Waals surface area contributed by atoms with E-state index in [0.29, 0.717) is 34.9 Å². The Morgan fingerprint density at radius 2 is 0.444 bits per heavy atom. The van der Waals surface area contributed by atoms with Crippen molar-refractivity contribution in [1.29, 1.82) is 0 Å². The van der Waals surface area contributed by atoms with Gasteiger partial charge in [0.15, 0.2) is 34.9 Å². The number of aromatic nitrogens is 8. The lowest BCUT2D eigenvalue weighted by Gasteiger charge is -2.22. The molecule has 0 saturated heterocycles. The van der Waals surface area contributed by atoms with Crippen molar-refractivity contribution < 1.29 is 9.47 Å². The standard InChI is InChI=1S/2C57H38N4O/c1-4-14-37(15-5-1)41-18-12-20-44(34-41)56-58-55(59-57(60-56)45-21-13-19-42(35-45)38-16-6-2-7-17-38)40-28-26-39(27-29-40)43-30-33-52-49(36-43)47-31-32-51-53(54(47)62-52)48-24-10-11-25-50(48)61(51)46-22-8-3-9-23-46;1-4-12-37(13-5-1)39-20-26-42(27-21-39)55-58-56(43-28-22-40(23-29-43)38-14-6-2-7-15-38)60-57(59-55)44-30-24-41(25-31-44)45-32-35-52-49(36-45)47-33-34-51-53(54(47)62-52)48-18-10-11-19-50(48)61(51)46-16-8-3-9-17-46/h2*1-36,47,54H. The van der Waals surface area contributed by atoms with Gasteiger partial charge in [-0.1, -0.05) is 352 Å². The Morgan fingerprint density at radius 3 is 0.782 bits per heavy atom. The zero-order chi connectivity index (χ0) is 82.0. The molecule has 4 atom stereocenters. The lowest BCUT2D eigenvalue weighted by atomic mass is 9.85. The maximum Gasteiger partial charge on any atom is 0.164 e. The summed E-state index contributed by atoms with van der Waals surface area (Å²) in [6.07, 6.45) is 9.02. The van der Waals surface area contributed by atoms with Crippen LogP contribution in [-0.4, -0.2) is 39.0 Å². The smallest absolute Gasteiger partial charge is 0.164 e. The molecule has 0 saturated carbocycles. The average Bonchev–Trinajstić information content (AvgIpc) is 1.56. The van der Waals surface area contributed by atoms with Crippen LogP contribution in [0.3, 0.4) is 0 Å². The molecule has 2 aliphatic carbocycles. The molecular formula is C114H76N8O2. The molecule has 0 bridgehead atoms. The van der Waals surface area contributed by atoms with E-state index in [0.717, 1.165) is 112 Å². The molecule has 584 valence electrons. The van der Waals surface area contributed by atoms with Crippen LogP contribution in [0, 0.1) is 0 Å². The molecule has 0 radical (unpaired) electrons. The Morgan fingerprint density at radius 1 is 0.202 bits per heavy atom. The van der Waals surface area contributed by atoms with Gasteiger partial charge in [-0.3, -0.25) is 0 Å². The zero-order valence-corrected chi connectivity index (χ0v) is 67.3. The quantitative estimate of drug-likeness (QED) is 0.106. The van der Waals surface area contributed by atoms with E-state index < -0.39 is 0 Å². The molecule has 20 aromatic rings. The molecule has 10 heteroatoms. The first-order chi connectivity index (χ1) is 61.4. The normalized spacial score (nSPS) is 14.8. The topological polar surface area (TPSA) is 106 Å². The molecule has 4 unspecified atom stereocenters. The molecule has 0 N–H and O–H groups in total. The Bertz CT molecular complexity index is 7300. The predicted octanol–water partition coefficient (Wildman–Crippen LogP) is 28.1. The summed E-state index contributed by atoms with van der Waals surface area (Å²) in [6, 6.07) is 144. The highest BCUT2D eigenvalue weighted by Gasteiger charge is 2.42. The van der Waals surface area contributed by atoms with E-state index >= 15 is 0 Å². The highest BCUT2D eigenvalue weighted by molar-refractivity contribution is 5.94.